The summed E-state index contributed by atoms with van der Waals surface area (Å²) in [7, 11) is -2.06. The smallest absolute Gasteiger partial charge is 0.246 e. The summed E-state index contributed by atoms with van der Waals surface area (Å²) in [6, 6.07) is 8.95. The fourth-order valence-corrected chi connectivity index (χ4v) is 4.10. The van der Waals surface area contributed by atoms with Crippen molar-refractivity contribution < 1.29 is 13.2 Å². The predicted molar refractivity (Wildman–Crippen MR) is 87.7 cm³/mol. The van der Waals surface area contributed by atoms with Crippen LogP contribution >= 0.6 is 0 Å². The van der Waals surface area contributed by atoms with Crippen molar-refractivity contribution in [1.82, 2.24) is 9.29 Å². The number of aromatic nitrogens is 1. The number of benzene rings is 1. The van der Waals surface area contributed by atoms with Gasteiger partial charge in [-0.05, 0) is 37.1 Å². The molecule has 1 aromatic heterocycles. The van der Waals surface area contributed by atoms with E-state index in [0.29, 0.717) is 12.2 Å². The Bertz CT molecular complexity index is 817. The Morgan fingerprint density at radius 2 is 2.04 bits per heavy atom. The summed E-state index contributed by atoms with van der Waals surface area (Å²) in [6.07, 6.45) is 4.04. The average Bonchev–Trinajstić information content (AvgIpc) is 2.81. The number of rotatable bonds is 4. The zero-order valence-electron chi connectivity index (χ0n) is 13.5. The second-order valence-corrected chi connectivity index (χ2v) is 8.42. The number of ether oxygens (including phenoxy) is 1. The molecule has 122 valence electrons. The molecule has 0 spiro atoms. The molecule has 0 amide bonds. The third-order valence-corrected chi connectivity index (χ3v) is 5.70. The summed E-state index contributed by atoms with van der Waals surface area (Å²) in [4.78, 5) is 4.25. The lowest BCUT2D eigenvalue weighted by Crippen LogP contribution is -2.28. The minimum absolute atomic E-state index is 0.229. The number of fused-ring (bicyclic) bond motifs is 1. The summed E-state index contributed by atoms with van der Waals surface area (Å²) < 4.78 is 33.1. The molecule has 23 heavy (non-hydrogen) atoms. The zero-order chi connectivity index (χ0) is 16.7. The standard InChI is InChI=1S/C17H20N2O3S/c1-17(2)10-14-7-4-8-15(16(14)22-17)23(20,21)19(3)12-13-6-5-9-18-11-13/h4-9,11H,10,12H2,1-3H3. The SMILES string of the molecule is CN(Cc1cccnc1)S(=O)(=O)c1cccc2c1OC(C)(C)C2. The van der Waals surface area contributed by atoms with Gasteiger partial charge in [-0.25, -0.2) is 8.42 Å². The number of pyridine rings is 1. The third-order valence-electron chi connectivity index (χ3n) is 3.87. The number of para-hydroxylation sites is 1. The van der Waals surface area contributed by atoms with Crippen LogP contribution in [0.2, 0.25) is 0 Å². The Labute approximate surface area is 137 Å². The molecule has 5 nitrogen and oxygen atoms in total. The lowest BCUT2D eigenvalue weighted by molar-refractivity contribution is 0.135. The van der Waals surface area contributed by atoms with Gasteiger partial charge < -0.3 is 4.74 Å². The topological polar surface area (TPSA) is 59.5 Å². The minimum Gasteiger partial charge on any atom is -0.486 e. The summed E-state index contributed by atoms with van der Waals surface area (Å²) in [5, 5.41) is 0. The molecule has 2 aromatic rings. The number of nitrogens with zero attached hydrogens (tertiary/aromatic N) is 2. The Balaban J connectivity index is 1.94. The van der Waals surface area contributed by atoms with E-state index in [1.165, 1.54) is 4.31 Å². The summed E-state index contributed by atoms with van der Waals surface area (Å²) >= 11 is 0. The van der Waals surface area contributed by atoms with Crippen LogP contribution in [0.4, 0.5) is 0 Å². The molecular weight excluding hydrogens is 312 g/mol. The van der Waals surface area contributed by atoms with E-state index in [-0.39, 0.29) is 17.0 Å². The van der Waals surface area contributed by atoms with Crippen LogP contribution in [-0.4, -0.2) is 30.4 Å². The molecule has 0 N–H and O–H groups in total. The Hall–Kier alpha value is -1.92. The summed E-state index contributed by atoms with van der Waals surface area (Å²) in [5.41, 5.74) is 1.40. The van der Waals surface area contributed by atoms with Gasteiger partial charge in [0.2, 0.25) is 10.0 Å². The largest absolute Gasteiger partial charge is 0.486 e. The fourth-order valence-electron chi connectivity index (χ4n) is 2.79. The second-order valence-electron chi connectivity index (χ2n) is 6.41. The fraction of sp³-hybridized carbons (Fsp3) is 0.353. The molecule has 0 unspecified atom stereocenters. The molecule has 6 heteroatoms. The van der Waals surface area contributed by atoms with Crippen molar-refractivity contribution in [2.24, 2.45) is 0 Å². The highest BCUT2D eigenvalue weighted by atomic mass is 32.2. The second kappa shape index (κ2) is 5.62. The minimum atomic E-state index is -3.63. The zero-order valence-corrected chi connectivity index (χ0v) is 14.3. The van der Waals surface area contributed by atoms with Gasteiger partial charge in [0.25, 0.3) is 0 Å². The molecule has 1 aliphatic rings. The van der Waals surface area contributed by atoms with Crippen molar-refractivity contribution in [3.8, 4) is 5.75 Å². The third kappa shape index (κ3) is 3.09. The van der Waals surface area contributed by atoms with Crippen molar-refractivity contribution in [3.63, 3.8) is 0 Å². The van der Waals surface area contributed by atoms with Gasteiger partial charge in [0, 0.05) is 32.4 Å². The van der Waals surface area contributed by atoms with Gasteiger partial charge >= 0.3 is 0 Å². The average molecular weight is 332 g/mol. The lowest BCUT2D eigenvalue weighted by atomic mass is 10.0. The Kier molecular flexibility index (Phi) is 3.90. The molecule has 0 atom stereocenters. The van der Waals surface area contributed by atoms with Gasteiger partial charge in [-0.1, -0.05) is 18.2 Å². The maximum absolute atomic E-state index is 12.9. The van der Waals surface area contributed by atoms with E-state index in [0.717, 1.165) is 11.1 Å². The maximum atomic E-state index is 12.9. The first-order valence-electron chi connectivity index (χ1n) is 7.46. The molecule has 1 aliphatic heterocycles. The molecule has 0 saturated carbocycles. The first kappa shape index (κ1) is 16.0. The molecule has 0 bridgehead atoms. The highest BCUT2D eigenvalue weighted by molar-refractivity contribution is 7.89. The molecule has 3 rings (SSSR count). The Morgan fingerprint density at radius 1 is 1.26 bits per heavy atom. The summed E-state index contributed by atoms with van der Waals surface area (Å²) in [5.74, 6) is 0.482. The van der Waals surface area contributed by atoms with E-state index in [1.54, 1.807) is 37.6 Å². The van der Waals surface area contributed by atoms with Crippen molar-refractivity contribution in [2.45, 2.75) is 37.3 Å². The van der Waals surface area contributed by atoms with Crippen LogP contribution in [0.1, 0.15) is 25.0 Å². The number of sulfonamides is 1. The molecule has 0 aliphatic carbocycles. The quantitative estimate of drug-likeness (QED) is 0.863. The van der Waals surface area contributed by atoms with E-state index in [4.69, 9.17) is 4.74 Å². The van der Waals surface area contributed by atoms with Crippen LogP contribution in [0.15, 0.2) is 47.6 Å². The van der Waals surface area contributed by atoms with E-state index >= 15 is 0 Å². The molecule has 2 heterocycles. The van der Waals surface area contributed by atoms with Gasteiger partial charge in [0.05, 0.1) is 0 Å². The maximum Gasteiger partial charge on any atom is 0.246 e. The van der Waals surface area contributed by atoms with E-state index in [1.807, 2.05) is 26.0 Å². The number of hydrogen-bond donors (Lipinski definition) is 0. The van der Waals surface area contributed by atoms with Crippen LogP contribution < -0.4 is 4.74 Å². The first-order valence-corrected chi connectivity index (χ1v) is 8.90. The van der Waals surface area contributed by atoms with Crippen molar-refractivity contribution >= 4 is 10.0 Å². The van der Waals surface area contributed by atoms with Gasteiger partial charge in [-0.2, -0.15) is 4.31 Å². The van der Waals surface area contributed by atoms with Crippen LogP contribution in [0, 0.1) is 0 Å². The van der Waals surface area contributed by atoms with E-state index in [2.05, 4.69) is 4.98 Å². The van der Waals surface area contributed by atoms with Crippen molar-refractivity contribution in [2.75, 3.05) is 7.05 Å². The molecule has 1 aromatic carbocycles. The molecule has 0 saturated heterocycles. The monoisotopic (exact) mass is 332 g/mol. The van der Waals surface area contributed by atoms with Gasteiger partial charge in [-0.3, -0.25) is 4.98 Å². The van der Waals surface area contributed by atoms with Crippen LogP contribution in [0.5, 0.6) is 5.75 Å². The van der Waals surface area contributed by atoms with E-state index < -0.39 is 10.0 Å². The van der Waals surface area contributed by atoms with Crippen LogP contribution in [0.25, 0.3) is 0 Å². The van der Waals surface area contributed by atoms with Gasteiger partial charge in [0.1, 0.15) is 16.2 Å². The highest BCUT2D eigenvalue weighted by Gasteiger charge is 2.36. The first-order chi connectivity index (χ1) is 10.8. The summed E-state index contributed by atoms with van der Waals surface area (Å²) in [6.45, 7) is 4.19. The normalized spacial score (nSPS) is 16.2. The van der Waals surface area contributed by atoms with Crippen LogP contribution in [-0.2, 0) is 23.0 Å². The highest BCUT2D eigenvalue weighted by Crippen LogP contribution is 2.40. The van der Waals surface area contributed by atoms with E-state index in [9.17, 15) is 8.42 Å². The van der Waals surface area contributed by atoms with Crippen molar-refractivity contribution in [1.29, 1.82) is 0 Å². The Morgan fingerprint density at radius 3 is 2.74 bits per heavy atom. The predicted octanol–water partition coefficient (Wildman–Crippen LogP) is 2.62. The van der Waals surface area contributed by atoms with Gasteiger partial charge in [0.15, 0.2) is 0 Å². The van der Waals surface area contributed by atoms with Gasteiger partial charge in [-0.15, -0.1) is 0 Å². The van der Waals surface area contributed by atoms with Crippen molar-refractivity contribution in [3.05, 3.63) is 53.9 Å². The molecular formula is C17H20N2O3S. The van der Waals surface area contributed by atoms with Crippen LogP contribution in [0.3, 0.4) is 0 Å². The molecule has 0 fully saturated rings. The number of hydrogen-bond acceptors (Lipinski definition) is 4. The molecule has 0 radical (unpaired) electrons. The lowest BCUT2D eigenvalue weighted by Gasteiger charge is -2.21.